The van der Waals surface area contributed by atoms with Crippen molar-refractivity contribution in [3.05, 3.63) is 29.3 Å². The summed E-state index contributed by atoms with van der Waals surface area (Å²) >= 11 is 2.29. The van der Waals surface area contributed by atoms with E-state index in [0.29, 0.717) is 6.37 Å². The van der Waals surface area contributed by atoms with E-state index in [1.807, 2.05) is 18.2 Å². The maximum Gasteiger partial charge on any atom is 0.0465 e. The molecule has 0 aromatic heterocycles. The average Bonchev–Trinajstić information content (AvgIpc) is 2.94. The van der Waals surface area contributed by atoms with E-state index in [1.165, 1.54) is 31.9 Å². The van der Waals surface area contributed by atoms with Crippen LogP contribution in [0.2, 0.25) is 0 Å². The highest BCUT2D eigenvalue weighted by Crippen LogP contribution is 2.28. The van der Waals surface area contributed by atoms with Crippen LogP contribution >= 0.6 is 28.4 Å². The van der Waals surface area contributed by atoms with Gasteiger partial charge in [0.1, 0.15) is 0 Å². The Morgan fingerprint density at radius 2 is 2.21 bits per heavy atom. The van der Waals surface area contributed by atoms with Crippen molar-refractivity contribution >= 4 is 40.3 Å². The van der Waals surface area contributed by atoms with Crippen LogP contribution in [-0.4, -0.2) is 6.21 Å². The first-order valence-electron chi connectivity index (χ1n) is 6.58. The van der Waals surface area contributed by atoms with Gasteiger partial charge in [0, 0.05) is 35.8 Å². The van der Waals surface area contributed by atoms with E-state index in [0.717, 1.165) is 29.2 Å². The van der Waals surface area contributed by atoms with Gasteiger partial charge in [-0.1, -0.05) is 24.7 Å². The molecule has 0 aliphatic heterocycles. The molecule has 1 fully saturated rings. The van der Waals surface area contributed by atoms with Crippen LogP contribution in [-0.2, 0) is 0 Å². The van der Waals surface area contributed by atoms with E-state index in [2.05, 4.69) is 39.0 Å². The number of hydrogen-bond donors (Lipinski definition) is 2. The first kappa shape index (κ1) is 14.8. The maximum atomic E-state index is 7.46. The molecule has 0 radical (unpaired) electrons. The van der Waals surface area contributed by atoms with Crippen molar-refractivity contribution in [1.29, 1.82) is 5.41 Å². The Kier molecular flexibility index (Phi) is 6.13. The van der Waals surface area contributed by atoms with Crippen molar-refractivity contribution in [2.75, 3.05) is 5.09 Å². The Balaban J connectivity index is 2.03. The van der Waals surface area contributed by atoms with Crippen molar-refractivity contribution in [2.45, 2.75) is 32.1 Å². The first-order valence-corrected chi connectivity index (χ1v) is 10.7. The third-order valence-corrected chi connectivity index (χ3v) is 4.66. The number of benzene rings is 1. The summed E-state index contributed by atoms with van der Waals surface area (Å²) in [6, 6.07) is 6.05. The molecular weight excluding hydrogens is 366 g/mol. The summed E-state index contributed by atoms with van der Waals surface area (Å²) < 4.78 is 0. The molecule has 1 aromatic rings. The van der Waals surface area contributed by atoms with Crippen LogP contribution in [0.5, 0.6) is 0 Å². The number of halogens is 1. The third-order valence-electron chi connectivity index (χ3n) is 3.49. The van der Waals surface area contributed by atoms with E-state index in [9.17, 15) is 0 Å². The van der Waals surface area contributed by atoms with Gasteiger partial charge >= 0.3 is 0 Å². The Morgan fingerprint density at radius 1 is 1.42 bits per heavy atom. The molecule has 100 valence electrons. The third kappa shape index (κ3) is 4.47. The predicted molar refractivity (Wildman–Crippen MR) is 93.7 cm³/mol. The SMILES string of the molecule is N=Cc1cc(C#CCC2CCCC2)ccc1NPI. The molecule has 0 bridgehead atoms. The number of anilines is 1. The first-order chi connectivity index (χ1) is 9.33. The minimum absolute atomic E-state index is 0.616. The summed E-state index contributed by atoms with van der Waals surface area (Å²) in [5.41, 5.74) is 2.94. The molecule has 1 aliphatic carbocycles. The van der Waals surface area contributed by atoms with Crippen LogP contribution in [0.25, 0.3) is 0 Å². The Hall–Kier alpha value is -0.590. The number of rotatable bonds is 4. The summed E-state index contributed by atoms with van der Waals surface area (Å²) in [6.07, 6.45) is 8.48. The lowest BCUT2D eigenvalue weighted by Gasteiger charge is -2.06. The Labute approximate surface area is 130 Å². The molecular formula is C15H18IN2P. The molecule has 2 rings (SSSR count). The van der Waals surface area contributed by atoms with Crippen molar-refractivity contribution < 1.29 is 0 Å². The van der Waals surface area contributed by atoms with Crippen LogP contribution in [0, 0.1) is 23.2 Å². The van der Waals surface area contributed by atoms with Crippen LogP contribution < -0.4 is 5.09 Å². The van der Waals surface area contributed by atoms with Gasteiger partial charge in [-0.2, -0.15) is 0 Å². The van der Waals surface area contributed by atoms with Gasteiger partial charge in [-0.05, 0) is 59.0 Å². The molecule has 1 unspecified atom stereocenters. The van der Waals surface area contributed by atoms with Gasteiger partial charge in [0.05, 0.1) is 0 Å². The summed E-state index contributed by atoms with van der Waals surface area (Å²) in [6.45, 7) is 0. The molecule has 1 aliphatic rings. The molecule has 2 nitrogen and oxygen atoms in total. The lowest BCUT2D eigenvalue weighted by molar-refractivity contribution is 0.567. The molecule has 1 aromatic carbocycles. The van der Waals surface area contributed by atoms with E-state index >= 15 is 0 Å². The maximum absolute atomic E-state index is 7.46. The summed E-state index contributed by atoms with van der Waals surface area (Å²) in [4.78, 5) is 0. The van der Waals surface area contributed by atoms with Crippen molar-refractivity contribution in [2.24, 2.45) is 5.92 Å². The van der Waals surface area contributed by atoms with Gasteiger partial charge in [-0.25, -0.2) is 0 Å². The lowest BCUT2D eigenvalue weighted by atomic mass is 10.0. The molecule has 0 spiro atoms. The largest absolute Gasteiger partial charge is 0.358 e. The molecule has 0 heterocycles. The zero-order valence-corrected chi connectivity index (χ0v) is 14.0. The monoisotopic (exact) mass is 384 g/mol. The standard InChI is InChI=1S/C15H18IN2P/c16-19-18-15-9-8-13(10-14(15)11-17)7-3-6-12-4-1-2-5-12/h8-12,17-19H,1-2,4-6H2. The van der Waals surface area contributed by atoms with Crippen LogP contribution in [0.15, 0.2) is 18.2 Å². The van der Waals surface area contributed by atoms with Crippen molar-refractivity contribution in [1.82, 2.24) is 0 Å². The fourth-order valence-electron chi connectivity index (χ4n) is 2.44. The van der Waals surface area contributed by atoms with E-state index < -0.39 is 0 Å². The molecule has 0 saturated heterocycles. The minimum atomic E-state index is 0.616. The normalized spacial score (nSPS) is 15.4. The summed E-state index contributed by atoms with van der Waals surface area (Å²) in [7, 11) is 0. The fourth-order valence-corrected chi connectivity index (χ4v) is 3.64. The zero-order chi connectivity index (χ0) is 13.5. The zero-order valence-electron chi connectivity index (χ0n) is 10.8. The molecule has 1 atom stereocenters. The summed E-state index contributed by atoms with van der Waals surface area (Å²) in [5.74, 6) is 7.35. The topological polar surface area (TPSA) is 35.9 Å². The highest BCUT2D eigenvalue weighted by atomic mass is 127. The van der Waals surface area contributed by atoms with Gasteiger partial charge in [0.15, 0.2) is 0 Å². The molecule has 4 heteroatoms. The molecule has 1 saturated carbocycles. The molecule has 2 N–H and O–H groups in total. The van der Waals surface area contributed by atoms with Crippen LogP contribution in [0.1, 0.15) is 43.2 Å². The predicted octanol–water partition coefficient (Wildman–Crippen LogP) is 4.97. The van der Waals surface area contributed by atoms with Gasteiger partial charge in [0.25, 0.3) is 0 Å². The Morgan fingerprint density at radius 3 is 2.89 bits per heavy atom. The van der Waals surface area contributed by atoms with Gasteiger partial charge < -0.3 is 10.5 Å². The van der Waals surface area contributed by atoms with Gasteiger partial charge in [-0.15, -0.1) is 0 Å². The fraction of sp³-hybridized carbons (Fsp3) is 0.400. The minimum Gasteiger partial charge on any atom is -0.358 e. The smallest absolute Gasteiger partial charge is 0.0465 e. The van der Waals surface area contributed by atoms with Crippen LogP contribution in [0.4, 0.5) is 5.69 Å². The second-order valence-electron chi connectivity index (χ2n) is 4.82. The second kappa shape index (κ2) is 7.87. The highest BCUT2D eigenvalue weighted by Gasteiger charge is 2.12. The van der Waals surface area contributed by atoms with Gasteiger partial charge in [0.2, 0.25) is 0 Å². The summed E-state index contributed by atoms with van der Waals surface area (Å²) in [5, 5.41) is 10.7. The van der Waals surface area contributed by atoms with Crippen molar-refractivity contribution in [3.8, 4) is 11.8 Å². The quantitative estimate of drug-likeness (QED) is 0.327. The molecule has 19 heavy (non-hydrogen) atoms. The number of nitrogens with one attached hydrogen (secondary N) is 2. The lowest BCUT2D eigenvalue weighted by Crippen LogP contribution is -1.92. The average molecular weight is 384 g/mol. The van der Waals surface area contributed by atoms with Crippen LogP contribution in [0.3, 0.4) is 0 Å². The van der Waals surface area contributed by atoms with E-state index in [1.54, 1.807) is 0 Å². The number of hydrogen-bond acceptors (Lipinski definition) is 2. The second-order valence-corrected chi connectivity index (χ2v) is 6.88. The highest BCUT2D eigenvalue weighted by molar-refractivity contribution is 14.2. The Bertz CT molecular complexity index is 499. The van der Waals surface area contributed by atoms with E-state index in [-0.39, 0.29) is 0 Å². The molecule has 0 amide bonds. The van der Waals surface area contributed by atoms with E-state index in [4.69, 9.17) is 5.41 Å². The van der Waals surface area contributed by atoms with Crippen molar-refractivity contribution in [3.63, 3.8) is 0 Å². The van der Waals surface area contributed by atoms with Gasteiger partial charge in [-0.3, -0.25) is 0 Å².